The van der Waals surface area contributed by atoms with Crippen molar-refractivity contribution in [3.8, 4) is 0 Å². The van der Waals surface area contributed by atoms with Crippen molar-refractivity contribution in [1.29, 1.82) is 0 Å². The normalized spacial score (nSPS) is 12.0. The van der Waals surface area contributed by atoms with Crippen LogP contribution in [0.5, 0.6) is 0 Å². The first-order valence-corrected chi connectivity index (χ1v) is 9.81. The second-order valence-electron chi connectivity index (χ2n) is 7.58. The lowest BCUT2D eigenvalue weighted by Crippen LogP contribution is -2.20. The van der Waals surface area contributed by atoms with E-state index in [1.807, 2.05) is 13.8 Å². The molecule has 0 fully saturated rings. The first-order chi connectivity index (χ1) is 10.1. The maximum Gasteiger partial charge on any atom is 0.0267 e. The minimum Gasteiger partial charge on any atom is -0.252 e. The van der Waals surface area contributed by atoms with Crippen LogP contribution in [0.25, 0.3) is 0 Å². The highest BCUT2D eigenvalue weighted by Crippen LogP contribution is 2.16. The van der Waals surface area contributed by atoms with Crippen molar-refractivity contribution < 1.29 is 0 Å². The summed E-state index contributed by atoms with van der Waals surface area (Å²) >= 11 is 0. The molecule has 0 saturated carbocycles. The molecule has 0 aliphatic heterocycles. The Morgan fingerprint density at radius 3 is 1.10 bits per heavy atom. The first-order valence-electron chi connectivity index (χ1n) is 9.81. The molecule has 0 atom stereocenters. The first kappa shape index (κ1) is 21.0. The molecule has 0 spiro atoms. The standard InChI is InChI=1S/C20H42N/c1-4-5-6-7-8-9-10-11-12-13-14-15-16-17-18-19-20(2,3)21/h21H,4-19H2,1-3H3. The fourth-order valence-electron chi connectivity index (χ4n) is 2.94. The fourth-order valence-corrected chi connectivity index (χ4v) is 2.94. The van der Waals surface area contributed by atoms with Gasteiger partial charge in [-0.3, -0.25) is 5.73 Å². The van der Waals surface area contributed by atoms with Crippen molar-refractivity contribution in [2.24, 2.45) is 0 Å². The van der Waals surface area contributed by atoms with Gasteiger partial charge in [0.05, 0.1) is 0 Å². The van der Waals surface area contributed by atoms with Gasteiger partial charge < -0.3 is 0 Å². The molecule has 0 unspecified atom stereocenters. The summed E-state index contributed by atoms with van der Waals surface area (Å²) in [4.78, 5) is 0. The van der Waals surface area contributed by atoms with Crippen molar-refractivity contribution in [3.05, 3.63) is 0 Å². The Morgan fingerprint density at radius 2 is 0.810 bits per heavy atom. The minimum atomic E-state index is -0.212. The van der Waals surface area contributed by atoms with Crippen LogP contribution in [0.1, 0.15) is 124 Å². The summed E-state index contributed by atoms with van der Waals surface area (Å²) in [6.07, 6.45) is 22.3. The van der Waals surface area contributed by atoms with Gasteiger partial charge in [0, 0.05) is 5.54 Å². The summed E-state index contributed by atoms with van der Waals surface area (Å²) in [5.41, 5.74) is 7.59. The van der Waals surface area contributed by atoms with Gasteiger partial charge in [0.15, 0.2) is 0 Å². The number of nitrogens with one attached hydrogen (secondary N) is 1. The zero-order valence-corrected chi connectivity index (χ0v) is 15.3. The zero-order chi connectivity index (χ0) is 15.8. The molecule has 1 N–H and O–H groups in total. The maximum atomic E-state index is 7.81. The molecule has 0 amide bonds. The third-order valence-corrected chi connectivity index (χ3v) is 4.41. The Bertz CT molecular complexity index is 193. The van der Waals surface area contributed by atoms with E-state index in [1.54, 1.807) is 0 Å². The van der Waals surface area contributed by atoms with Crippen molar-refractivity contribution >= 4 is 0 Å². The molecular formula is C20H42N. The highest BCUT2D eigenvalue weighted by atomic mass is 14.7. The van der Waals surface area contributed by atoms with Crippen LogP contribution in [0.4, 0.5) is 0 Å². The molecule has 0 aliphatic carbocycles. The van der Waals surface area contributed by atoms with Crippen LogP contribution < -0.4 is 5.73 Å². The molecule has 0 rings (SSSR count). The Balaban J connectivity index is 3.00. The van der Waals surface area contributed by atoms with E-state index in [0.717, 1.165) is 6.42 Å². The van der Waals surface area contributed by atoms with Crippen molar-refractivity contribution in [2.75, 3.05) is 0 Å². The lowest BCUT2D eigenvalue weighted by atomic mass is 9.97. The van der Waals surface area contributed by atoms with Gasteiger partial charge in [-0.25, -0.2) is 0 Å². The summed E-state index contributed by atoms with van der Waals surface area (Å²) in [7, 11) is 0. The van der Waals surface area contributed by atoms with E-state index in [-0.39, 0.29) is 5.54 Å². The third-order valence-electron chi connectivity index (χ3n) is 4.41. The van der Waals surface area contributed by atoms with E-state index in [2.05, 4.69) is 6.92 Å². The Kier molecular flexibility index (Phi) is 14.9. The van der Waals surface area contributed by atoms with Crippen LogP contribution in [-0.4, -0.2) is 5.54 Å². The Labute approximate surface area is 135 Å². The smallest absolute Gasteiger partial charge is 0.0267 e. The van der Waals surface area contributed by atoms with Crippen LogP contribution in [-0.2, 0) is 0 Å². The summed E-state index contributed by atoms with van der Waals surface area (Å²) in [5.74, 6) is 0. The van der Waals surface area contributed by atoms with Crippen LogP contribution in [0, 0.1) is 0 Å². The van der Waals surface area contributed by atoms with E-state index in [4.69, 9.17) is 5.73 Å². The van der Waals surface area contributed by atoms with E-state index in [9.17, 15) is 0 Å². The number of hydrogen-bond donors (Lipinski definition) is 0. The molecule has 0 aliphatic rings. The van der Waals surface area contributed by atoms with Gasteiger partial charge in [-0.2, -0.15) is 0 Å². The van der Waals surface area contributed by atoms with Crippen LogP contribution in [0.3, 0.4) is 0 Å². The molecule has 127 valence electrons. The Morgan fingerprint density at radius 1 is 0.524 bits per heavy atom. The van der Waals surface area contributed by atoms with Crippen LogP contribution >= 0.6 is 0 Å². The number of rotatable bonds is 16. The third kappa shape index (κ3) is 20.0. The summed E-state index contributed by atoms with van der Waals surface area (Å²) in [6, 6.07) is 0. The average molecular weight is 297 g/mol. The predicted molar refractivity (Wildman–Crippen MR) is 96.7 cm³/mol. The van der Waals surface area contributed by atoms with Gasteiger partial charge in [-0.1, -0.05) is 103 Å². The topological polar surface area (TPSA) is 23.8 Å². The van der Waals surface area contributed by atoms with Gasteiger partial charge >= 0.3 is 0 Å². The molecule has 0 aromatic carbocycles. The van der Waals surface area contributed by atoms with Crippen molar-refractivity contribution in [3.63, 3.8) is 0 Å². The van der Waals surface area contributed by atoms with Gasteiger partial charge in [0.2, 0.25) is 0 Å². The van der Waals surface area contributed by atoms with Crippen LogP contribution in [0.2, 0.25) is 0 Å². The number of hydrogen-bond acceptors (Lipinski definition) is 0. The number of unbranched alkanes of at least 4 members (excludes halogenated alkanes) is 14. The molecule has 1 nitrogen and oxygen atoms in total. The fraction of sp³-hybridized carbons (Fsp3) is 1.00. The lowest BCUT2D eigenvalue weighted by molar-refractivity contribution is 0.427. The highest BCUT2D eigenvalue weighted by molar-refractivity contribution is 4.69. The molecule has 21 heavy (non-hydrogen) atoms. The summed E-state index contributed by atoms with van der Waals surface area (Å²) in [6.45, 7) is 6.34. The lowest BCUT2D eigenvalue weighted by Gasteiger charge is -2.16. The summed E-state index contributed by atoms with van der Waals surface area (Å²) in [5, 5.41) is 0. The maximum absolute atomic E-state index is 7.81. The molecule has 0 aromatic heterocycles. The molecular weight excluding hydrogens is 254 g/mol. The quantitative estimate of drug-likeness (QED) is 0.267. The predicted octanol–water partition coefficient (Wildman–Crippen LogP) is 7.31. The van der Waals surface area contributed by atoms with Gasteiger partial charge in [-0.15, -0.1) is 0 Å². The Hall–Kier alpha value is -0.0400. The monoisotopic (exact) mass is 296 g/mol. The van der Waals surface area contributed by atoms with Gasteiger partial charge in [-0.05, 0) is 20.3 Å². The van der Waals surface area contributed by atoms with E-state index >= 15 is 0 Å². The van der Waals surface area contributed by atoms with Crippen molar-refractivity contribution in [1.82, 2.24) is 5.73 Å². The largest absolute Gasteiger partial charge is 0.252 e. The second kappa shape index (κ2) is 14.9. The van der Waals surface area contributed by atoms with E-state index < -0.39 is 0 Å². The van der Waals surface area contributed by atoms with E-state index in [1.165, 1.54) is 96.3 Å². The molecule has 1 heteroatoms. The zero-order valence-electron chi connectivity index (χ0n) is 15.3. The second-order valence-corrected chi connectivity index (χ2v) is 7.58. The molecule has 1 radical (unpaired) electrons. The van der Waals surface area contributed by atoms with Crippen molar-refractivity contribution in [2.45, 2.75) is 129 Å². The van der Waals surface area contributed by atoms with Gasteiger partial charge in [0.25, 0.3) is 0 Å². The van der Waals surface area contributed by atoms with Gasteiger partial charge in [0.1, 0.15) is 0 Å². The molecule has 0 heterocycles. The SMILES string of the molecule is CCCCCCCCCCCCCCCCCC(C)(C)[NH]. The highest BCUT2D eigenvalue weighted by Gasteiger charge is 2.09. The molecule has 0 aromatic rings. The molecule has 0 bridgehead atoms. The van der Waals surface area contributed by atoms with E-state index in [0.29, 0.717) is 0 Å². The summed E-state index contributed by atoms with van der Waals surface area (Å²) < 4.78 is 0. The average Bonchev–Trinajstić information content (AvgIpc) is 2.42. The van der Waals surface area contributed by atoms with Crippen LogP contribution in [0.15, 0.2) is 0 Å². The minimum absolute atomic E-state index is 0.212. The molecule has 0 saturated heterocycles.